The van der Waals surface area contributed by atoms with Gasteiger partial charge in [0.15, 0.2) is 0 Å². The predicted molar refractivity (Wildman–Crippen MR) is 143 cm³/mol. The van der Waals surface area contributed by atoms with Crippen molar-refractivity contribution < 1.29 is 9.66 Å². The van der Waals surface area contributed by atoms with Crippen molar-refractivity contribution >= 4 is 77.9 Å². The van der Waals surface area contributed by atoms with Crippen molar-refractivity contribution in [2.45, 2.75) is 13.5 Å². The summed E-state index contributed by atoms with van der Waals surface area (Å²) in [6, 6.07) is 13.0. The molecule has 0 saturated heterocycles. The number of nitro groups is 1. The van der Waals surface area contributed by atoms with E-state index in [-0.39, 0.29) is 29.2 Å². The third-order valence-electron chi connectivity index (χ3n) is 4.93. The smallest absolute Gasteiger partial charge is 0.312 e. The van der Waals surface area contributed by atoms with E-state index in [1.54, 1.807) is 49.4 Å². The lowest BCUT2D eigenvalue weighted by Gasteiger charge is -2.12. The zero-order valence-corrected chi connectivity index (χ0v) is 22.5. The number of halogens is 4. The van der Waals surface area contributed by atoms with E-state index in [4.69, 9.17) is 27.9 Å². The molecule has 0 bridgehead atoms. The Kier molecular flexibility index (Phi) is 7.56. The van der Waals surface area contributed by atoms with Gasteiger partial charge in [-0.1, -0.05) is 61.1 Å². The highest BCUT2D eigenvalue weighted by molar-refractivity contribution is 9.10. The van der Waals surface area contributed by atoms with Gasteiger partial charge in [-0.3, -0.25) is 14.9 Å². The van der Waals surface area contributed by atoms with Crippen molar-refractivity contribution in [2.75, 3.05) is 0 Å². The quantitative estimate of drug-likeness (QED) is 0.130. The first kappa shape index (κ1) is 25.3. The van der Waals surface area contributed by atoms with Gasteiger partial charge in [-0.05, 0) is 43.3 Å². The zero-order valence-electron chi connectivity index (χ0n) is 17.8. The van der Waals surface area contributed by atoms with Gasteiger partial charge >= 0.3 is 5.69 Å². The van der Waals surface area contributed by atoms with Crippen LogP contribution in [0.3, 0.4) is 0 Å². The van der Waals surface area contributed by atoms with Crippen molar-refractivity contribution in [2.24, 2.45) is 5.10 Å². The molecule has 0 unspecified atom stereocenters. The number of aromatic nitrogens is 2. The minimum absolute atomic E-state index is 0.0323. The van der Waals surface area contributed by atoms with Crippen LogP contribution >= 0.6 is 55.1 Å². The summed E-state index contributed by atoms with van der Waals surface area (Å²) < 4.78 is 8.12. The lowest BCUT2D eigenvalue weighted by molar-refractivity contribution is -0.386. The molecule has 12 heteroatoms. The van der Waals surface area contributed by atoms with Crippen LogP contribution in [0.25, 0.3) is 10.9 Å². The van der Waals surface area contributed by atoms with Crippen LogP contribution in [-0.4, -0.2) is 20.8 Å². The highest BCUT2D eigenvalue weighted by atomic mass is 79.9. The minimum atomic E-state index is -0.562. The van der Waals surface area contributed by atoms with Crippen molar-refractivity contribution in [1.29, 1.82) is 0 Å². The average Bonchev–Trinajstić information content (AvgIpc) is 2.79. The molecule has 0 N–H and O–H groups in total. The third-order valence-corrected chi connectivity index (χ3v) is 6.47. The number of aryl methyl sites for hydroxylation is 1. The number of nitrogens with zero attached hydrogens (tertiary/aromatic N) is 4. The van der Waals surface area contributed by atoms with E-state index in [9.17, 15) is 14.9 Å². The van der Waals surface area contributed by atoms with E-state index in [1.807, 2.05) is 0 Å². The lowest BCUT2D eigenvalue weighted by Crippen LogP contribution is -2.20. The fraction of sp³-hybridized carbons (Fsp3) is 0.0870. The molecule has 8 nitrogen and oxygen atoms in total. The molecule has 0 saturated carbocycles. The van der Waals surface area contributed by atoms with Crippen LogP contribution in [0.15, 0.2) is 67.4 Å². The topological polar surface area (TPSA) is 99.6 Å². The second-order valence-corrected chi connectivity index (χ2v) is 9.98. The molecule has 35 heavy (non-hydrogen) atoms. The minimum Gasteiger partial charge on any atom is -0.481 e. The Morgan fingerprint density at radius 2 is 1.91 bits per heavy atom. The highest BCUT2D eigenvalue weighted by Gasteiger charge is 2.21. The Hall–Kier alpha value is -2.79. The number of benzene rings is 3. The molecule has 0 amide bonds. The Morgan fingerprint density at radius 1 is 1.14 bits per heavy atom. The number of hydrogen-bond acceptors (Lipinski definition) is 6. The molecule has 0 aliphatic rings. The van der Waals surface area contributed by atoms with Crippen LogP contribution in [0.5, 0.6) is 5.75 Å². The summed E-state index contributed by atoms with van der Waals surface area (Å²) in [6.45, 7) is 1.59. The maximum absolute atomic E-state index is 13.0. The van der Waals surface area contributed by atoms with Crippen molar-refractivity contribution in [1.82, 2.24) is 9.66 Å². The monoisotopic (exact) mass is 638 g/mol. The van der Waals surface area contributed by atoms with Gasteiger partial charge in [0, 0.05) is 36.2 Å². The first-order valence-corrected chi connectivity index (χ1v) is 12.3. The zero-order chi connectivity index (χ0) is 25.3. The summed E-state index contributed by atoms with van der Waals surface area (Å²) in [6.07, 6.45) is 1.32. The van der Waals surface area contributed by atoms with E-state index < -0.39 is 4.92 Å². The summed E-state index contributed by atoms with van der Waals surface area (Å²) in [4.78, 5) is 28.7. The average molecular weight is 641 g/mol. The number of rotatable bonds is 6. The second kappa shape index (κ2) is 10.4. The largest absolute Gasteiger partial charge is 0.481 e. The summed E-state index contributed by atoms with van der Waals surface area (Å²) >= 11 is 18.8. The van der Waals surface area contributed by atoms with E-state index in [1.165, 1.54) is 12.3 Å². The van der Waals surface area contributed by atoms with Crippen LogP contribution in [0.1, 0.15) is 17.0 Å². The lowest BCUT2D eigenvalue weighted by atomic mass is 10.2. The first-order chi connectivity index (χ1) is 16.6. The highest BCUT2D eigenvalue weighted by Crippen LogP contribution is 2.35. The maximum atomic E-state index is 13.0. The van der Waals surface area contributed by atoms with Gasteiger partial charge in [-0.25, -0.2) is 4.98 Å². The van der Waals surface area contributed by atoms with Crippen molar-refractivity contribution in [3.63, 3.8) is 0 Å². The van der Waals surface area contributed by atoms with Gasteiger partial charge in [0.05, 0.1) is 22.0 Å². The van der Waals surface area contributed by atoms with Crippen LogP contribution < -0.4 is 10.3 Å². The van der Waals surface area contributed by atoms with Gasteiger partial charge in [-0.2, -0.15) is 9.78 Å². The molecule has 4 aromatic rings. The van der Waals surface area contributed by atoms with E-state index in [0.717, 1.165) is 9.15 Å². The van der Waals surface area contributed by atoms with E-state index in [2.05, 4.69) is 41.9 Å². The van der Waals surface area contributed by atoms with E-state index in [0.29, 0.717) is 36.8 Å². The van der Waals surface area contributed by atoms with Crippen LogP contribution in [-0.2, 0) is 6.61 Å². The molecule has 0 atom stereocenters. The molecule has 0 spiro atoms. The SMILES string of the molecule is Cc1nc2ccc(Br)cc2c(=O)n1N=Cc1cc(Br)cc([N+](=O)[O-])c1OCc1ccc(Cl)cc1Cl. The summed E-state index contributed by atoms with van der Waals surface area (Å²) in [5.74, 6) is 0.316. The van der Waals surface area contributed by atoms with Crippen molar-refractivity contribution in [3.8, 4) is 5.75 Å². The van der Waals surface area contributed by atoms with Gasteiger partial charge in [0.2, 0.25) is 5.75 Å². The van der Waals surface area contributed by atoms with Gasteiger partial charge in [-0.15, -0.1) is 0 Å². The third kappa shape index (κ3) is 5.56. The molecule has 0 fully saturated rings. The number of nitro benzene ring substituents is 1. The predicted octanol–water partition coefficient (Wildman–Crippen LogP) is 6.91. The van der Waals surface area contributed by atoms with Crippen molar-refractivity contribution in [3.05, 3.63) is 105 Å². The molecule has 3 aromatic carbocycles. The van der Waals surface area contributed by atoms with Gasteiger partial charge < -0.3 is 4.74 Å². The summed E-state index contributed by atoms with van der Waals surface area (Å²) in [5.41, 5.74) is 0.731. The van der Waals surface area contributed by atoms with Gasteiger partial charge in [0.1, 0.15) is 12.4 Å². The van der Waals surface area contributed by atoms with Crippen LogP contribution in [0, 0.1) is 17.0 Å². The summed E-state index contributed by atoms with van der Waals surface area (Å²) in [7, 11) is 0. The molecular weight excluding hydrogens is 627 g/mol. The molecular formula is C23H14Br2Cl2N4O4. The molecule has 0 aliphatic heterocycles. The molecule has 178 valence electrons. The number of fused-ring (bicyclic) bond motifs is 1. The maximum Gasteiger partial charge on any atom is 0.312 e. The molecule has 0 aliphatic carbocycles. The summed E-state index contributed by atoms with van der Waals surface area (Å²) in [5, 5.41) is 17.2. The van der Waals surface area contributed by atoms with E-state index >= 15 is 0 Å². The van der Waals surface area contributed by atoms with Gasteiger partial charge in [0.25, 0.3) is 5.56 Å². The molecule has 4 rings (SSSR count). The standard InChI is InChI=1S/C23H14Br2Cl2N4O4/c1-12-29-20-5-3-15(24)7-18(20)23(32)30(12)28-10-14-6-16(25)8-21(31(33)34)22(14)35-11-13-2-4-17(26)9-19(13)27/h2-10H,11H2,1H3. The fourth-order valence-electron chi connectivity index (χ4n) is 3.29. The van der Waals surface area contributed by atoms with Crippen LogP contribution in [0.4, 0.5) is 5.69 Å². The second-order valence-electron chi connectivity index (χ2n) is 7.31. The first-order valence-electron chi connectivity index (χ1n) is 9.92. The van der Waals surface area contributed by atoms with Crippen LogP contribution in [0.2, 0.25) is 10.0 Å². The number of hydrogen-bond donors (Lipinski definition) is 0. The fourth-order valence-corrected chi connectivity index (χ4v) is 4.58. The normalized spacial score (nSPS) is 11.3. The Morgan fingerprint density at radius 3 is 2.63 bits per heavy atom. The Bertz CT molecular complexity index is 1570. The Labute approximate surface area is 225 Å². The molecule has 1 aromatic heterocycles. The Balaban J connectivity index is 1.78. The molecule has 0 radical (unpaired) electrons. The number of ether oxygens (including phenoxy) is 1. The molecule has 1 heterocycles.